The highest BCUT2D eigenvalue weighted by Crippen LogP contribution is 2.19. The highest BCUT2D eigenvalue weighted by atomic mass is 16.3. The molecule has 10 heavy (non-hydrogen) atoms. The van der Waals surface area contributed by atoms with Crippen LogP contribution in [0.15, 0.2) is 0 Å². The summed E-state index contributed by atoms with van der Waals surface area (Å²) >= 11 is 0. The zero-order valence-electron chi connectivity index (χ0n) is 6.42. The molecule has 0 unspecified atom stereocenters. The van der Waals surface area contributed by atoms with Gasteiger partial charge in [-0.05, 0) is 6.92 Å². The van der Waals surface area contributed by atoms with Crippen LogP contribution < -0.4 is 0 Å². The second-order valence-corrected chi connectivity index (χ2v) is 3.01. The van der Waals surface area contributed by atoms with Crippen molar-refractivity contribution >= 4 is 5.78 Å². The Morgan fingerprint density at radius 2 is 1.80 bits per heavy atom. The lowest BCUT2D eigenvalue weighted by molar-refractivity contribution is -0.120. The fourth-order valence-electron chi connectivity index (χ4n) is 0.763. The van der Waals surface area contributed by atoms with Crippen molar-refractivity contribution in [2.45, 2.75) is 20.3 Å². The Kier molecular flexibility index (Phi) is 3.53. The highest BCUT2D eigenvalue weighted by molar-refractivity contribution is 5.76. The lowest BCUT2D eigenvalue weighted by Gasteiger charge is -2.22. The summed E-state index contributed by atoms with van der Waals surface area (Å²) < 4.78 is 0. The minimum atomic E-state index is -0.633. The minimum Gasteiger partial charge on any atom is -0.396 e. The summed E-state index contributed by atoms with van der Waals surface area (Å²) in [6.07, 6.45) is 0.236. The Morgan fingerprint density at radius 1 is 1.40 bits per heavy atom. The largest absolute Gasteiger partial charge is 0.396 e. The number of hydrogen-bond acceptors (Lipinski definition) is 3. The normalized spacial score (nSPS) is 11.6. The Balaban J connectivity index is 3.92. The summed E-state index contributed by atoms with van der Waals surface area (Å²) in [7, 11) is 0. The Morgan fingerprint density at radius 3 is 1.90 bits per heavy atom. The molecule has 2 N–H and O–H groups in total. The third-order valence-electron chi connectivity index (χ3n) is 1.44. The molecule has 0 bridgehead atoms. The van der Waals surface area contributed by atoms with Crippen LogP contribution in [0.4, 0.5) is 0 Å². The maximum absolute atomic E-state index is 10.6. The fourth-order valence-corrected chi connectivity index (χ4v) is 0.763. The van der Waals surface area contributed by atoms with Gasteiger partial charge in [0.15, 0.2) is 0 Å². The van der Waals surface area contributed by atoms with Gasteiger partial charge in [0.2, 0.25) is 0 Å². The molecule has 0 rings (SSSR count). The molecule has 0 amide bonds. The molecule has 0 atom stereocenters. The monoisotopic (exact) mass is 146 g/mol. The first-order chi connectivity index (χ1) is 4.54. The number of aliphatic hydroxyl groups is 2. The number of ketones is 1. The van der Waals surface area contributed by atoms with E-state index in [4.69, 9.17) is 10.2 Å². The van der Waals surface area contributed by atoms with Crippen molar-refractivity contribution in [1.82, 2.24) is 0 Å². The van der Waals surface area contributed by atoms with Crippen LogP contribution in [0.1, 0.15) is 20.3 Å². The molecule has 0 aromatic rings. The molecule has 0 saturated carbocycles. The van der Waals surface area contributed by atoms with Gasteiger partial charge in [0.1, 0.15) is 5.78 Å². The van der Waals surface area contributed by atoms with E-state index in [2.05, 4.69) is 0 Å². The van der Waals surface area contributed by atoms with E-state index in [1.807, 2.05) is 0 Å². The molecule has 3 heteroatoms. The summed E-state index contributed by atoms with van der Waals surface area (Å²) in [4.78, 5) is 10.6. The summed E-state index contributed by atoms with van der Waals surface area (Å²) in [6.45, 7) is 2.82. The SMILES string of the molecule is CC(=O)CC(C)(CO)CO. The number of hydrogen-bond donors (Lipinski definition) is 2. The summed E-state index contributed by atoms with van der Waals surface area (Å²) in [5.74, 6) is -0.00870. The first-order valence-corrected chi connectivity index (χ1v) is 3.25. The van der Waals surface area contributed by atoms with Crippen LogP contribution in [-0.2, 0) is 4.79 Å². The van der Waals surface area contributed by atoms with Crippen LogP contribution in [0, 0.1) is 5.41 Å². The lowest BCUT2D eigenvalue weighted by Crippen LogP contribution is -2.28. The van der Waals surface area contributed by atoms with Gasteiger partial charge < -0.3 is 15.0 Å². The molecule has 0 aliphatic carbocycles. The predicted octanol–water partition coefficient (Wildman–Crippen LogP) is -0.0436. The molecular weight excluding hydrogens is 132 g/mol. The maximum atomic E-state index is 10.6. The summed E-state index contributed by atoms with van der Waals surface area (Å²) in [5.41, 5.74) is -0.633. The third kappa shape index (κ3) is 2.94. The first-order valence-electron chi connectivity index (χ1n) is 3.25. The van der Waals surface area contributed by atoms with E-state index in [-0.39, 0.29) is 25.4 Å². The summed E-state index contributed by atoms with van der Waals surface area (Å²) in [6, 6.07) is 0. The molecule has 0 aromatic carbocycles. The number of Topliss-reactive ketones (excluding diaryl/α,β-unsaturated/α-hetero) is 1. The average Bonchev–Trinajstić information content (AvgIpc) is 1.87. The van der Waals surface area contributed by atoms with Crippen molar-refractivity contribution in [3.63, 3.8) is 0 Å². The standard InChI is InChI=1S/C7H14O3/c1-6(10)3-7(2,4-8)5-9/h8-9H,3-5H2,1-2H3. The molecule has 0 heterocycles. The third-order valence-corrected chi connectivity index (χ3v) is 1.44. The van der Waals surface area contributed by atoms with Gasteiger partial charge in [0.05, 0.1) is 13.2 Å². The molecule has 0 radical (unpaired) electrons. The zero-order valence-corrected chi connectivity index (χ0v) is 6.42. The van der Waals surface area contributed by atoms with Crippen molar-refractivity contribution in [3.8, 4) is 0 Å². The number of carbonyl (C=O) groups is 1. The van der Waals surface area contributed by atoms with Gasteiger partial charge in [-0.15, -0.1) is 0 Å². The van der Waals surface area contributed by atoms with Crippen molar-refractivity contribution in [2.24, 2.45) is 5.41 Å². The first kappa shape index (κ1) is 9.59. The van der Waals surface area contributed by atoms with E-state index in [1.54, 1.807) is 6.92 Å². The van der Waals surface area contributed by atoms with Crippen molar-refractivity contribution in [2.75, 3.05) is 13.2 Å². The Bertz CT molecular complexity index is 116. The number of aliphatic hydroxyl groups excluding tert-OH is 2. The van der Waals surface area contributed by atoms with Gasteiger partial charge in [-0.3, -0.25) is 0 Å². The van der Waals surface area contributed by atoms with Gasteiger partial charge in [0.25, 0.3) is 0 Å². The lowest BCUT2D eigenvalue weighted by atomic mass is 9.87. The van der Waals surface area contributed by atoms with Crippen LogP contribution >= 0.6 is 0 Å². The Labute approximate surface area is 60.7 Å². The molecule has 0 spiro atoms. The Hall–Kier alpha value is -0.410. The van der Waals surface area contributed by atoms with Crippen molar-refractivity contribution < 1.29 is 15.0 Å². The van der Waals surface area contributed by atoms with Crippen LogP contribution in [0.5, 0.6) is 0 Å². The van der Waals surface area contributed by atoms with Crippen LogP contribution in [0.2, 0.25) is 0 Å². The van der Waals surface area contributed by atoms with Crippen LogP contribution in [-0.4, -0.2) is 29.2 Å². The quantitative estimate of drug-likeness (QED) is 0.585. The van der Waals surface area contributed by atoms with Crippen LogP contribution in [0.3, 0.4) is 0 Å². The van der Waals surface area contributed by atoms with Gasteiger partial charge in [-0.2, -0.15) is 0 Å². The molecule has 0 aliphatic rings. The molecule has 0 fully saturated rings. The fraction of sp³-hybridized carbons (Fsp3) is 0.857. The minimum absolute atomic E-state index is 0.00870. The molecule has 0 aromatic heterocycles. The van der Waals surface area contributed by atoms with Gasteiger partial charge >= 0.3 is 0 Å². The van der Waals surface area contributed by atoms with Gasteiger partial charge in [0, 0.05) is 11.8 Å². The second-order valence-electron chi connectivity index (χ2n) is 3.01. The van der Waals surface area contributed by atoms with E-state index in [1.165, 1.54) is 6.92 Å². The molecule has 60 valence electrons. The van der Waals surface area contributed by atoms with Crippen molar-refractivity contribution in [1.29, 1.82) is 0 Å². The molecule has 3 nitrogen and oxygen atoms in total. The molecule has 0 saturated heterocycles. The van der Waals surface area contributed by atoms with E-state index < -0.39 is 5.41 Å². The zero-order chi connectivity index (χ0) is 8.20. The molecule has 0 aliphatic heterocycles. The second kappa shape index (κ2) is 3.68. The maximum Gasteiger partial charge on any atom is 0.130 e. The van der Waals surface area contributed by atoms with Gasteiger partial charge in [-0.25, -0.2) is 0 Å². The average molecular weight is 146 g/mol. The van der Waals surface area contributed by atoms with Crippen LogP contribution in [0.25, 0.3) is 0 Å². The van der Waals surface area contributed by atoms with Crippen molar-refractivity contribution in [3.05, 3.63) is 0 Å². The topological polar surface area (TPSA) is 57.5 Å². The number of carbonyl (C=O) groups excluding carboxylic acids is 1. The number of rotatable bonds is 4. The molecular formula is C7H14O3. The smallest absolute Gasteiger partial charge is 0.130 e. The van der Waals surface area contributed by atoms with E-state index in [0.29, 0.717) is 0 Å². The predicted molar refractivity (Wildman–Crippen MR) is 37.6 cm³/mol. The van der Waals surface area contributed by atoms with E-state index in [9.17, 15) is 4.79 Å². The van der Waals surface area contributed by atoms with E-state index >= 15 is 0 Å². The van der Waals surface area contributed by atoms with Gasteiger partial charge in [-0.1, -0.05) is 6.92 Å². The highest BCUT2D eigenvalue weighted by Gasteiger charge is 2.23. The summed E-state index contributed by atoms with van der Waals surface area (Å²) in [5, 5.41) is 17.4. The van der Waals surface area contributed by atoms with E-state index in [0.717, 1.165) is 0 Å².